The number of hydrogen-bond donors (Lipinski definition) is 1. The first kappa shape index (κ1) is 18.5. The van der Waals surface area contributed by atoms with Crippen LogP contribution in [0.3, 0.4) is 0 Å². The van der Waals surface area contributed by atoms with Crippen LogP contribution < -0.4 is 15.1 Å². The smallest absolute Gasteiger partial charge is 0.246 e. The Morgan fingerprint density at radius 2 is 1.37 bits per heavy atom. The summed E-state index contributed by atoms with van der Waals surface area (Å²) >= 11 is 0. The van der Waals surface area contributed by atoms with Gasteiger partial charge in [0.1, 0.15) is 0 Å². The topological polar surface area (TPSA) is 35.6 Å². The third kappa shape index (κ3) is 5.11. The molecule has 3 aromatic rings. The maximum absolute atomic E-state index is 13.0. The molecule has 3 rings (SSSR count). The predicted octanol–water partition coefficient (Wildman–Crippen LogP) is 4.40. The Kier molecular flexibility index (Phi) is 6.10. The van der Waals surface area contributed by atoms with Gasteiger partial charge in [0.25, 0.3) is 0 Å². The monoisotopic (exact) mass is 359 g/mol. The van der Waals surface area contributed by atoms with Gasteiger partial charge in [0, 0.05) is 31.2 Å². The molecule has 0 saturated heterocycles. The average Bonchev–Trinajstić information content (AvgIpc) is 2.72. The molecule has 0 unspecified atom stereocenters. The maximum atomic E-state index is 13.0. The molecule has 0 fully saturated rings. The molecule has 1 N–H and O–H groups in total. The third-order valence-electron chi connectivity index (χ3n) is 4.38. The summed E-state index contributed by atoms with van der Waals surface area (Å²) in [5.41, 5.74) is 4.06. The molecule has 0 spiro atoms. The zero-order valence-corrected chi connectivity index (χ0v) is 15.8. The first-order valence-corrected chi connectivity index (χ1v) is 9.04. The van der Waals surface area contributed by atoms with E-state index in [1.54, 1.807) is 0 Å². The summed E-state index contributed by atoms with van der Waals surface area (Å²) in [6.07, 6.45) is 0. The van der Waals surface area contributed by atoms with Gasteiger partial charge < -0.3 is 15.1 Å². The fraction of sp³-hybridized carbons (Fsp3) is 0.174. The number of carbonyl (C=O) groups is 1. The standard InChI is InChI=1S/C23H25N3O/c1-25(2)21-15-13-20(14-16-21)24-17-23(27)26(22-11-7-4-8-12-22)18-19-9-5-3-6-10-19/h3-16,24H,17-18H2,1-2H3. The Labute approximate surface area is 161 Å². The van der Waals surface area contributed by atoms with Crippen LogP contribution in [0.25, 0.3) is 0 Å². The van der Waals surface area contributed by atoms with Crippen LogP contribution in [-0.2, 0) is 11.3 Å². The van der Waals surface area contributed by atoms with E-state index in [1.165, 1.54) is 0 Å². The van der Waals surface area contributed by atoms with Gasteiger partial charge in [-0.15, -0.1) is 0 Å². The summed E-state index contributed by atoms with van der Waals surface area (Å²) in [6.45, 7) is 0.786. The number of benzene rings is 3. The minimum atomic E-state index is 0.0294. The van der Waals surface area contributed by atoms with Gasteiger partial charge >= 0.3 is 0 Å². The van der Waals surface area contributed by atoms with Crippen LogP contribution in [-0.4, -0.2) is 26.5 Å². The Bertz CT molecular complexity index is 846. The highest BCUT2D eigenvalue weighted by Crippen LogP contribution is 2.19. The van der Waals surface area contributed by atoms with Gasteiger partial charge in [0.2, 0.25) is 5.91 Å². The minimum absolute atomic E-state index is 0.0294. The second kappa shape index (κ2) is 8.90. The lowest BCUT2D eigenvalue weighted by Crippen LogP contribution is -2.35. The lowest BCUT2D eigenvalue weighted by atomic mass is 10.2. The molecule has 0 radical (unpaired) electrons. The van der Waals surface area contributed by atoms with E-state index in [1.807, 2.05) is 109 Å². The number of nitrogens with zero attached hydrogens (tertiary/aromatic N) is 2. The summed E-state index contributed by atoms with van der Waals surface area (Å²) in [5, 5.41) is 3.24. The number of anilines is 3. The van der Waals surface area contributed by atoms with Gasteiger partial charge in [-0.05, 0) is 42.0 Å². The highest BCUT2D eigenvalue weighted by atomic mass is 16.2. The van der Waals surface area contributed by atoms with Crippen molar-refractivity contribution in [2.45, 2.75) is 6.54 Å². The van der Waals surface area contributed by atoms with Crippen LogP contribution in [0.5, 0.6) is 0 Å². The van der Waals surface area contributed by atoms with Crippen LogP contribution in [0.1, 0.15) is 5.56 Å². The fourth-order valence-corrected chi connectivity index (χ4v) is 2.85. The van der Waals surface area contributed by atoms with Crippen molar-refractivity contribution in [3.63, 3.8) is 0 Å². The SMILES string of the molecule is CN(C)c1ccc(NCC(=O)N(Cc2ccccc2)c2ccccc2)cc1. The van der Waals surface area contributed by atoms with E-state index < -0.39 is 0 Å². The Morgan fingerprint density at radius 1 is 0.778 bits per heavy atom. The Hall–Kier alpha value is -3.27. The predicted molar refractivity (Wildman–Crippen MR) is 113 cm³/mol. The van der Waals surface area contributed by atoms with Crippen molar-refractivity contribution in [3.8, 4) is 0 Å². The quantitative estimate of drug-likeness (QED) is 0.679. The minimum Gasteiger partial charge on any atom is -0.378 e. The van der Waals surface area contributed by atoms with Gasteiger partial charge in [0.15, 0.2) is 0 Å². The largest absolute Gasteiger partial charge is 0.378 e. The number of nitrogens with one attached hydrogen (secondary N) is 1. The zero-order valence-electron chi connectivity index (χ0n) is 15.8. The van der Waals surface area contributed by atoms with E-state index in [2.05, 4.69) is 5.32 Å². The molecule has 0 saturated carbocycles. The molecule has 27 heavy (non-hydrogen) atoms. The van der Waals surface area contributed by atoms with Crippen molar-refractivity contribution in [2.75, 3.05) is 35.8 Å². The fourth-order valence-electron chi connectivity index (χ4n) is 2.85. The molecule has 1 amide bonds. The molecule has 0 bridgehead atoms. The lowest BCUT2D eigenvalue weighted by molar-refractivity contribution is -0.117. The number of hydrogen-bond acceptors (Lipinski definition) is 3. The van der Waals surface area contributed by atoms with Crippen LogP contribution in [0.4, 0.5) is 17.1 Å². The lowest BCUT2D eigenvalue weighted by Gasteiger charge is -2.23. The summed E-state index contributed by atoms with van der Waals surface area (Å²) in [6, 6.07) is 27.9. The van der Waals surface area contributed by atoms with Crippen LogP contribution in [0.15, 0.2) is 84.9 Å². The molecule has 0 atom stereocenters. The van der Waals surface area contributed by atoms with Gasteiger partial charge in [0.05, 0.1) is 13.1 Å². The summed E-state index contributed by atoms with van der Waals surface area (Å²) in [4.78, 5) is 16.8. The normalized spacial score (nSPS) is 10.3. The van der Waals surface area contributed by atoms with Gasteiger partial charge in [-0.1, -0.05) is 48.5 Å². The molecule has 0 aliphatic rings. The number of carbonyl (C=O) groups excluding carboxylic acids is 1. The van der Waals surface area contributed by atoms with Crippen LogP contribution in [0.2, 0.25) is 0 Å². The van der Waals surface area contributed by atoms with Crippen molar-refractivity contribution < 1.29 is 4.79 Å². The summed E-state index contributed by atoms with van der Waals surface area (Å²) in [5.74, 6) is 0.0294. The summed E-state index contributed by atoms with van der Waals surface area (Å²) in [7, 11) is 4.01. The molecule has 0 aromatic heterocycles. The first-order valence-electron chi connectivity index (χ1n) is 9.04. The second-order valence-corrected chi connectivity index (χ2v) is 6.60. The molecule has 4 nitrogen and oxygen atoms in total. The molecule has 0 aliphatic carbocycles. The van der Waals surface area contributed by atoms with E-state index >= 15 is 0 Å². The highest BCUT2D eigenvalue weighted by Gasteiger charge is 2.16. The summed E-state index contributed by atoms with van der Waals surface area (Å²) < 4.78 is 0. The zero-order chi connectivity index (χ0) is 19.1. The van der Waals surface area contributed by atoms with Crippen molar-refractivity contribution in [2.24, 2.45) is 0 Å². The number of rotatable bonds is 7. The molecule has 4 heteroatoms. The van der Waals surface area contributed by atoms with Crippen molar-refractivity contribution >= 4 is 23.0 Å². The van der Waals surface area contributed by atoms with Crippen molar-refractivity contribution in [1.82, 2.24) is 0 Å². The van der Waals surface area contributed by atoms with Gasteiger partial charge in [-0.2, -0.15) is 0 Å². The van der Waals surface area contributed by atoms with Gasteiger partial charge in [-0.3, -0.25) is 4.79 Å². The van der Waals surface area contributed by atoms with Crippen molar-refractivity contribution in [3.05, 3.63) is 90.5 Å². The molecular weight excluding hydrogens is 334 g/mol. The van der Waals surface area contributed by atoms with E-state index in [0.717, 1.165) is 22.6 Å². The average molecular weight is 359 g/mol. The maximum Gasteiger partial charge on any atom is 0.246 e. The molecule has 0 heterocycles. The third-order valence-corrected chi connectivity index (χ3v) is 4.38. The molecule has 138 valence electrons. The number of amides is 1. The van der Waals surface area contributed by atoms with E-state index in [-0.39, 0.29) is 12.5 Å². The van der Waals surface area contributed by atoms with E-state index in [4.69, 9.17) is 0 Å². The molecular formula is C23H25N3O. The van der Waals surface area contributed by atoms with Crippen LogP contribution in [0, 0.1) is 0 Å². The van der Waals surface area contributed by atoms with E-state index in [0.29, 0.717) is 6.54 Å². The van der Waals surface area contributed by atoms with Crippen molar-refractivity contribution in [1.29, 1.82) is 0 Å². The first-order chi connectivity index (χ1) is 13.1. The Balaban J connectivity index is 1.71. The highest BCUT2D eigenvalue weighted by molar-refractivity contribution is 5.96. The van der Waals surface area contributed by atoms with Gasteiger partial charge in [-0.25, -0.2) is 0 Å². The Morgan fingerprint density at radius 3 is 1.96 bits per heavy atom. The molecule has 3 aromatic carbocycles. The van der Waals surface area contributed by atoms with Crippen LogP contribution >= 0.6 is 0 Å². The van der Waals surface area contributed by atoms with E-state index in [9.17, 15) is 4.79 Å². The molecule has 0 aliphatic heterocycles. The number of para-hydroxylation sites is 1. The second-order valence-electron chi connectivity index (χ2n) is 6.60.